The van der Waals surface area contributed by atoms with Gasteiger partial charge in [0.2, 0.25) is 10.0 Å². The minimum Gasteiger partial charge on any atom is -0.394 e. The molecule has 17 heavy (non-hydrogen) atoms. The molecule has 0 unspecified atom stereocenters. The van der Waals surface area contributed by atoms with Gasteiger partial charge in [-0.1, -0.05) is 0 Å². The summed E-state index contributed by atoms with van der Waals surface area (Å²) in [6.45, 7) is -0.358. The van der Waals surface area contributed by atoms with Crippen molar-refractivity contribution in [1.82, 2.24) is 4.72 Å². The van der Waals surface area contributed by atoms with Gasteiger partial charge < -0.3 is 5.11 Å². The molecule has 1 aromatic carbocycles. The molecular formula is C10H11F2NO3S. The highest BCUT2D eigenvalue weighted by molar-refractivity contribution is 7.89. The van der Waals surface area contributed by atoms with Crippen molar-refractivity contribution in [2.75, 3.05) is 6.61 Å². The zero-order valence-corrected chi connectivity index (χ0v) is 9.60. The number of sulfonamides is 1. The maximum absolute atomic E-state index is 13.3. The number of nitrogens with one attached hydrogen (secondary N) is 1. The van der Waals surface area contributed by atoms with Gasteiger partial charge in [0, 0.05) is 0 Å². The third-order valence-electron chi connectivity index (χ3n) is 2.69. The Hall–Kier alpha value is -1.05. The van der Waals surface area contributed by atoms with Crippen LogP contribution in [0.1, 0.15) is 12.8 Å². The van der Waals surface area contributed by atoms with E-state index in [0.29, 0.717) is 18.9 Å². The van der Waals surface area contributed by atoms with Crippen LogP contribution in [0.4, 0.5) is 8.78 Å². The summed E-state index contributed by atoms with van der Waals surface area (Å²) in [6, 6.07) is 2.21. The van der Waals surface area contributed by atoms with Crippen molar-refractivity contribution in [3.63, 3.8) is 0 Å². The van der Waals surface area contributed by atoms with E-state index in [2.05, 4.69) is 4.72 Å². The highest BCUT2D eigenvalue weighted by Gasteiger charge is 2.46. The van der Waals surface area contributed by atoms with E-state index >= 15 is 0 Å². The molecular weight excluding hydrogens is 252 g/mol. The molecule has 0 spiro atoms. The third-order valence-corrected chi connectivity index (χ3v) is 4.28. The van der Waals surface area contributed by atoms with Crippen LogP contribution in [0, 0.1) is 11.6 Å². The fourth-order valence-electron chi connectivity index (χ4n) is 1.47. The molecule has 1 aliphatic carbocycles. The summed E-state index contributed by atoms with van der Waals surface area (Å²) >= 11 is 0. The normalized spacial score (nSPS) is 18.1. The van der Waals surface area contributed by atoms with Crippen molar-refractivity contribution < 1.29 is 22.3 Å². The fourth-order valence-corrected chi connectivity index (χ4v) is 3.01. The van der Waals surface area contributed by atoms with Crippen molar-refractivity contribution in [2.45, 2.75) is 23.3 Å². The van der Waals surface area contributed by atoms with Crippen LogP contribution in [0.3, 0.4) is 0 Å². The first-order chi connectivity index (χ1) is 7.88. The molecule has 1 fully saturated rings. The van der Waals surface area contributed by atoms with Gasteiger partial charge in [-0.2, -0.15) is 0 Å². The molecule has 94 valence electrons. The zero-order valence-electron chi connectivity index (χ0n) is 8.78. The lowest BCUT2D eigenvalue weighted by atomic mass is 10.3. The number of rotatable bonds is 4. The minimum atomic E-state index is -4.15. The smallest absolute Gasteiger partial charge is 0.244 e. The van der Waals surface area contributed by atoms with E-state index in [4.69, 9.17) is 5.11 Å². The lowest BCUT2D eigenvalue weighted by Gasteiger charge is -2.14. The summed E-state index contributed by atoms with van der Waals surface area (Å²) < 4.78 is 52.0. The molecule has 1 saturated carbocycles. The number of hydrogen-bond acceptors (Lipinski definition) is 3. The van der Waals surface area contributed by atoms with Crippen molar-refractivity contribution in [1.29, 1.82) is 0 Å². The molecule has 2 N–H and O–H groups in total. The van der Waals surface area contributed by atoms with Crippen LogP contribution < -0.4 is 4.72 Å². The number of aliphatic hydroxyl groups excluding tert-OH is 1. The van der Waals surface area contributed by atoms with E-state index in [9.17, 15) is 17.2 Å². The largest absolute Gasteiger partial charge is 0.394 e. The number of hydrogen-bond donors (Lipinski definition) is 2. The standard InChI is InChI=1S/C10H11F2NO3S/c11-7-1-2-8(12)9(5-7)17(15,16)13-10(6-14)3-4-10/h1-2,5,13-14H,3-4,6H2. The third kappa shape index (κ3) is 2.46. The van der Waals surface area contributed by atoms with E-state index in [1.54, 1.807) is 0 Å². The average Bonchev–Trinajstić information content (AvgIpc) is 3.01. The molecule has 0 heterocycles. The van der Waals surface area contributed by atoms with Gasteiger partial charge >= 0.3 is 0 Å². The summed E-state index contributed by atoms with van der Waals surface area (Å²) in [5.74, 6) is -1.85. The van der Waals surface area contributed by atoms with Gasteiger partial charge in [-0.3, -0.25) is 0 Å². The van der Waals surface area contributed by atoms with E-state index in [-0.39, 0.29) is 6.61 Å². The second-order valence-electron chi connectivity index (χ2n) is 4.12. The molecule has 0 radical (unpaired) electrons. The van der Waals surface area contributed by atoms with Crippen molar-refractivity contribution in [2.24, 2.45) is 0 Å². The fraction of sp³-hybridized carbons (Fsp3) is 0.400. The Bertz CT molecular complexity index is 540. The Morgan fingerprint density at radius 1 is 1.35 bits per heavy atom. The lowest BCUT2D eigenvalue weighted by Crippen LogP contribution is -2.39. The number of aliphatic hydroxyl groups is 1. The number of halogens is 2. The minimum absolute atomic E-state index is 0.358. The van der Waals surface area contributed by atoms with Crippen LogP contribution in [0.15, 0.2) is 23.1 Å². The summed E-state index contributed by atoms with van der Waals surface area (Å²) in [4.78, 5) is -0.739. The first-order valence-corrected chi connectivity index (χ1v) is 6.47. The second kappa shape index (κ2) is 4.01. The first-order valence-electron chi connectivity index (χ1n) is 4.98. The average molecular weight is 263 g/mol. The predicted octanol–water partition coefficient (Wildman–Crippen LogP) is 0.768. The molecule has 0 saturated heterocycles. The Morgan fingerprint density at radius 3 is 2.53 bits per heavy atom. The van der Waals surface area contributed by atoms with Gasteiger partial charge in [-0.05, 0) is 31.0 Å². The molecule has 1 aliphatic rings. The molecule has 2 rings (SSSR count). The summed E-state index contributed by atoms with van der Waals surface area (Å²) in [5, 5.41) is 9.00. The molecule has 0 amide bonds. The van der Waals surface area contributed by atoms with E-state index in [1.807, 2.05) is 0 Å². The van der Waals surface area contributed by atoms with Crippen LogP contribution >= 0.6 is 0 Å². The highest BCUT2D eigenvalue weighted by Crippen LogP contribution is 2.36. The van der Waals surface area contributed by atoms with Gasteiger partial charge in [-0.25, -0.2) is 21.9 Å². The van der Waals surface area contributed by atoms with Gasteiger partial charge in [0.05, 0.1) is 12.1 Å². The Morgan fingerprint density at radius 2 is 2.00 bits per heavy atom. The molecule has 4 nitrogen and oxygen atoms in total. The molecule has 0 aromatic heterocycles. The van der Waals surface area contributed by atoms with Crippen LogP contribution in [-0.4, -0.2) is 25.7 Å². The second-order valence-corrected chi connectivity index (χ2v) is 5.77. The van der Waals surface area contributed by atoms with Crippen molar-refractivity contribution >= 4 is 10.0 Å². The Balaban J connectivity index is 2.35. The Kier molecular flexibility index (Phi) is 2.92. The maximum Gasteiger partial charge on any atom is 0.244 e. The number of benzene rings is 1. The summed E-state index contributed by atoms with van der Waals surface area (Å²) in [7, 11) is -4.15. The highest BCUT2D eigenvalue weighted by atomic mass is 32.2. The van der Waals surface area contributed by atoms with E-state index < -0.39 is 32.1 Å². The predicted molar refractivity (Wildman–Crippen MR) is 55.7 cm³/mol. The molecule has 0 bridgehead atoms. The van der Waals surface area contributed by atoms with E-state index in [1.165, 1.54) is 0 Å². The molecule has 1 aromatic rings. The van der Waals surface area contributed by atoms with E-state index in [0.717, 1.165) is 12.1 Å². The van der Waals surface area contributed by atoms with Gasteiger partial charge in [-0.15, -0.1) is 0 Å². The summed E-state index contributed by atoms with van der Waals surface area (Å²) in [5.41, 5.74) is -0.905. The van der Waals surface area contributed by atoms with Crippen LogP contribution in [-0.2, 0) is 10.0 Å². The lowest BCUT2D eigenvalue weighted by molar-refractivity contribution is 0.246. The monoisotopic (exact) mass is 263 g/mol. The van der Waals surface area contributed by atoms with Gasteiger partial charge in [0.25, 0.3) is 0 Å². The van der Waals surface area contributed by atoms with Crippen LogP contribution in [0.5, 0.6) is 0 Å². The van der Waals surface area contributed by atoms with Gasteiger partial charge in [0.15, 0.2) is 0 Å². The van der Waals surface area contributed by atoms with Crippen LogP contribution in [0.2, 0.25) is 0 Å². The van der Waals surface area contributed by atoms with Crippen LogP contribution in [0.25, 0.3) is 0 Å². The van der Waals surface area contributed by atoms with Gasteiger partial charge in [0.1, 0.15) is 16.5 Å². The molecule has 0 atom stereocenters. The van der Waals surface area contributed by atoms with Crippen molar-refractivity contribution in [3.8, 4) is 0 Å². The van der Waals surface area contributed by atoms with Crippen molar-refractivity contribution in [3.05, 3.63) is 29.8 Å². The Labute approximate surface area is 97.3 Å². The topological polar surface area (TPSA) is 66.4 Å². The maximum atomic E-state index is 13.3. The molecule has 0 aliphatic heterocycles. The quantitative estimate of drug-likeness (QED) is 0.843. The summed E-state index contributed by atoms with van der Waals surface area (Å²) in [6.07, 6.45) is 0.972. The first kappa shape index (κ1) is 12.4. The zero-order chi connectivity index (χ0) is 12.7. The SMILES string of the molecule is O=S(=O)(NC1(CO)CC1)c1cc(F)ccc1F. The molecule has 7 heteroatoms.